The van der Waals surface area contributed by atoms with Crippen LogP contribution in [0.15, 0.2) is 60.7 Å². The highest BCUT2D eigenvalue weighted by atomic mass is 16.6. The van der Waals surface area contributed by atoms with Gasteiger partial charge in [0.1, 0.15) is 17.7 Å². The summed E-state index contributed by atoms with van der Waals surface area (Å²) in [5, 5.41) is 7.68. The van der Waals surface area contributed by atoms with Crippen molar-refractivity contribution < 1.29 is 19.1 Å². The van der Waals surface area contributed by atoms with Crippen LogP contribution in [0.5, 0.6) is 0 Å². The van der Waals surface area contributed by atoms with Crippen LogP contribution in [-0.2, 0) is 14.3 Å². The summed E-state index contributed by atoms with van der Waals surface area (Å²) in [5.41, 5.74) is 2.62. The Hall–Kier alpha value is -3.87. The molecule has 3 amide bonds. The summed E-state index contributed by atoms with van der Waals surface area (Å²) in [7, 11) is 0. The number of carbonyl (C=O) groups excluding carboxylic acids is 3. The molecule has 0 fully saturated rings. The van der Waals surface area contributed by atoms with Crippen LogP contribution in [0.2, 0.25) is 0 Å². The Labute approximate surface area is 219 Å². The predicted molar refractivity (Wildman–Crippen MR) is 147 cm³/mol. The summed E-state index contributed by atoms with van der Waals surface area (Å²) in [4.78, 5) is 41.2. The third-order valence-electron chi connectivity index (χ3n) is 5.86. The molecule has 0 saturated heterocycles. The Balaban J connectivity index is 1.93. The highest BCUT2D eigenvalue weighted by Gasteiger charge is 2.34. The van der Waals surface area contributed by atoms with Gasteiger partial charge in [-0.3, -0.25) is 9.59 Å². The summed E-state index contributed by atoms with van der Waals surface area (Å²) in [6.07, 6.45) is -0.687. The standard InChI is InChI=1S/C30H37N3O4/c1-8-33(28(35)21(4)31-29(36)37-30(5,6)7)26(24-16-19(2)15-20(3)17-24)27(34)32-25-14-13-22-11-9-10-12-23(22)18-25/h9-18,21,26H,8H2,1-7H3,(H,31,36)(H,32,34). The van der Waals surface area contributed by atoms with E-state index in [9.17, 15) is 14.4 Å². The molecule has 7 nitrogen and oxygen atoms in total. The maximum absolute atomic E-state index is 13.8. The van der Waals surface area contributed by atoms with Crippen molar-refractivity contribution in [1.29, 1.82) is 0 Å². The third-order valence-corrected chi connectivity index (χ3v) is 5.86. The van der Waals surface area contributed by atoms with E-state index in [0.717, 1.165) is 21.9 Å². The summed E-state index contributed by atoms with van der Waals surface area (Å²) in [6, 6.07) is 17.7. The van der Waals surface area contributed by atoms with Crippen LogP contribution in [0.25, 0.3) is 10.8 Å². The number of carbonyl (C=O) groups is 3. The van der Waals surface area contributed by atoms with Crippen LogP contribution in [0.3, 0.4) is 0 Å². The molecule has 3 aromatic rings. The molecule has 0 aliphatic heterocycles. The summed E-state index contributed by atoms with van der Waals surface area (Å²) in [5.74, 6) is -0.717. The van der Waals surface area contributed by atoms with Crippen LogP contribution < -0.4 is 10.6 Å². The summed E-state index contributed by atoms with van der Waals surface area (Å²) in [6.45, 7) is 12.9. The number of hydrogen-bond acceptors (Lipinski definition) is 4. The molecule has 7 heteroatoms. The minimum atomic E-state index is -0.898. The van der Waals surface area contributed by atoms with E-state index in [2.05, 4.69) is 10.6 Å². The van der Waals surface area contributed by atoms with Gasteiger partial charge in [0.15, 0.2) is 0 Å². The number of alkyl carbamates (subject to hydrolysis) is 1. The van der Waals surface area contributed by atoms with E-state index in [1.807, 2.05) is 81.4 Å². The molecule has 2 N–H and O–H groups in total. The maximum atomic E-state index is 13.8. The largest absolute Gasteiger partial charge is 0.444 e. The fourth-order valence-electron chi connectivity index (χ4n) is 4.38. The lowest BCUT2D eigenvalue weighted by atomic mass is 9.98. The average molecular weight is 504 g/mol. The molecule has 0 saturated carbocycles. The predicted octanol–water partition coefficient (Wildman–Crippen LogP) is 5.90. The van der Waals surface area contributed by atoms with Gasteiger partial charge >= 0.3 is 6.09 Å². The van der Waals surface area contributed by atoms with Crippen LogP contribution in [0, 0.1) is 13.8 Å². The van der Waals surface area contributed by atoms with Gasteiger partial charge in [-0.25, -0.2) is 4.79 Å². The lowest BCUT2D eigenvalue weighted by molar-refractivity contribution is -0.140. The van der Waals surface area contributed by atoms with Crippen molar-refractivity contribution in [2.24, 2.45) is 0 Å². The Morgan fingerprint density at radius 2 is 1.54 bits per heavy atom. The first-order valence-corrected chi connectivity index (χ1v) is 12.6. The monoisotopic (exact) mass is 503 g/mol. The number of rotatable bonds is 7. The number of ether oxygens (including phenoxy) is 1. The molecule has 0 spiro atoms. The quantitative estimate of drug-likeness (QED) is 0.420. The fraction of sp³-hybridized carbons (Fsp3) is 0.367. The Morgan fingerprint density at radius 1 is 0.919 bits per heavy atom. The average Bonchev–Trinajstić information content (AvgIpc) is 2.79. The molecular formula is C30H37N3O4. The molecule has 0 bridgehead atoms. The Kier molecular flexibility index (Phi) is 8.58. The third kappa shape index (κ3) is 7.32. The van der Waals surface area contributed by atoms with Crippen molar-refractivity contribution in [3.63, 3.8) is 0 Å². The normalized spacial score (nSPS) is 12.9. The van der Waals surface area contributed by atoms with E-state index in [0.29, 0.717) is 11.3 Å². The van der Waals surface area contributed by atoms with Gasteiger partial charge in [0.25, 0.3) is 5.91 Å². The molecule has 0 aliphatic carbocycles. The first kappa shape index (κ1) is 27.7. The van der Waals surface area contributed by atoms with Crippen molar-refractivity contribution in [3.8, 4) is 0 Å². The zero-order valence-corrected chi connectivity index (χ0v) is 22.7. The number of benzene rings is 3. The number of anilines is 1. The summed E-state index contributed by atoms with van der Waals surface area (Å²) >= 11 is 0. The van der Waals surface area contributed by atoms with Crippen LogP contribution in [0.4, 0.5) is 10.5 Å². The van der Waals surface area contributed by atoms with Crippen molar-refractivity contribution in [3.05, 3.63) is 77.4 Å². The van der Waals surface area contributed by atoms with Crippen LogP contribution >= 0.6 is 0 Å². The van der Waals surface area contributed by atoms with Gasteiger partial charge in [-0.05, 0) is 76.9 Å². The maximum Gasteiger partial charge on any atom is 0.408 e. The molecule has 0 heterocycles. The topological polar surface area (TPSA) is 87.7 Å². The smallest absolute Gasteiger partial charge is 0.408 e. The van der Waals surface area contributed by atoms with Gasteiger partial charge in [-0.2, -0.15) is 0 Å². The molecule has 0 aromatic heterocycles. The van der Waals surface area contributed by atoms with E-state index < -0.39 is 23.8 Å². The second-order valence-corrected chi connectivity index (χ2v) is 10.4. The molecular weight excluding hydrogens is 466 g/mol. The number of amides is 3. The van der Waals surface area contributed by atoms with Gasteiger partial charge in [0, 0.05) is 12.2 Å². The molecule has 0 radical (unpaired) electrons. The lowest BCUT2D eigenvalue weighted by Gasteiger charge is -2.33. The van der Waals surface area contributed by atoms with E-state index >= 15 is 0 Å². The molecule has 3 rings (SSSR count). The number of hydrogen-bond donors (Lipinski definition) is 2. The van der Waals surface area contributed by atoms with Crippen molar-refractivity contribution >= 4 is 34.4 Å². The number of nitrogens with one attached hydrogen (secondary N) is 2. The van der Waals surface area contributed by atoms with Gasteiger partial charge in [0.2, 0.25) is 5.91 Å². The number of fused-ring (bicyclic) bond motifs is 1. The van der Waals surface area contributed by atoms with E-state index in [4.69, 9.17) is 4.74 Å². The molecule has 196 valence electrons. The van der Waals surface area contributed by atoms with Crippen molar-refractivity contribution in [1.82, 2.24) is 10.2 Å². The zero-order chi connectivity index (χ0) is 27.3. The number of nitrogens with zero attached hydrogens (tertiary/aromatic N) is 1. The second-order valence-electron chi connectivity index (χ2n) is 10.4. The fourth-order valence-corrected chi connectivity index (χ4v) is 4.38. The zero-order valence-electron chi connectivity index (χ0n) is 22.7. The lowest BCUT2D eigenvalue weighted by Crippen LogP contribution is -2.51. The SMILES string of the molecule is CCN(C(=O)C(C)NC(=O)OC(C)(C)C)C(C(=O)Nc1ccc2ccccc2c1)c1cc(C)cc(C)c1. The molecule has 3 aromatic carbocycles. The molecule has 37 heavy (non-hydrogen) atoms. The first-order valence-electron chi connectivity index (χ1n) is 12.6. The first-order chi connectivity index (χ1) is 17.4. The van der Waals surface area contributed by atoms with Gasteiger partial charge in [0.05, 0.1) is 0 Å². The van der Waals surface area contributed by atoms with Crippen molar-refractivity contribution in [2.45, 2.75) is 66.2 Å². The molecule has 0 aliphatic rings. The highest BCUT2D eigenvalue weighted by molar-refractivity contribution is 6.00. The van der Waals surface area contributed by atoms with Crippen LogP contribution in [0.1, 0.15) is 57.4 Å². The van der Waals surface area contributed by atoms with Crippen molar-refractivity contribution in [2.75, 3.05) is 11.9 Å². The Bertz CT molecular complexity index is 1280. The van der Waals surface area contributed by atoms with Crippen LogP contribution in [-0.4, -0.2) is 41.0 Å². The summed E-state index contributed by atoms with van der Waals surface area (Å²) < 4.78 is 5.31. The van der Waals surface area contributed by atoms with Gasteiger partial charge in [-0.1, -0.05) is 59.7 Å². The van der Waals surface area contributed by atoms with Gasteiger partial charge < -0.3 is 20.3 Å². The highest BCUT2D eigenvalue weighted by Crippen LogP contribution is 2.27. The van der Waals surface area contributed by atoms with E-state index in [1.165, 1.54) is 4.90 Å². The molecule has 2 unspecified atom stereocenters. The minimum absolute atomic E-state index is 0.266. The number of aryl methyl sites for hydroxylation is 2. The van der Waals surface area contributed by atoms with Gasteiger partial charge in [-0.15, -0.1) is 0 Å². The Morgan fingerprint density at radius 3 is 2.14 bits per heavy atom. The number of likely N-dealkylation sites (N-methyl/N-ethyl adjacent to an activating group) is 1. The van der Waals surface area contributed by atoms with E-state index in [1.54, 1.807) is 27.7 Å². The van der Waals surface area contributed by atoms with E-state index in [-0.39, 0.29) is 18.4 Å². The minimum Gasteiger partial charge on any atom is -0.444 e. The second kappa shape index (κ2) is 11.5. The molecule has 2 atom stereocenters.